The van der Waals surface area contributed by atoms with Crippen molar-refractivity contribution in [1.82, 2.24) is 14.5 Å². The Morgan fingerprint density at radius 3 is 2.03 bits per heavy atom. The van der Waals surface area contributed by atoms with Crippen LogP contribution in [0.3, 0.4) is 0 Å². The summed E-state index contributed by atoms with van der Waals surface area (Å²) in [5, 5.41) is 3.34. The number of halogens is 4. The molecule has 0 amide bonds. The maximum absolute atomic E-state index is 13.2. The van der Waals surface area contributed by atoms with Crippen LogP contribution in [0.4, 0.5) is 13.2 Å². The van der Waals surface area contributed by atoms with Gasteiger partial charge in [0.05, 0.1) is 15.6 Å². The van der Waals surface area contributed by atoms with E-state index in [2.05, 4.69) is 9.82 Å². The van der Waals surface area contributed by atoms with Gasteiger partial charge in [-0.25, -0.2) is 13.1 Å². The summed E-state index contributed by atoms with van der Waals surface area (Å²) in [7, 11) is -3.76. The van der Waals surface area contributed by atoms with Crippen LogP contribution in [0.5, 0.6) is 0 Å². The molecule has 1 N–H and O–H groups in total. The van der Waals surface area contributed by atoms with Gasteiger partial charge in [-0.15, -0.1) is 0 Å². The summed E-state index contributed by atoms with van der Waals surface area (Å²) in [6.45, 7) is 9.57. The number of sulfonamides is 1. The molecule has 2 aromatic rings. The molecule has 0 atom stereocenters. The minimum absolute atomic E-state index is 0.0170. The van der Waals surface area contributed by atoms with E-state index in [1.54, 1.807) is 13.8 Å². The molecule has 1 heterocycles. The van der Waals surface area contributed by atoms with Crippen molar-refractivity contribution in [2.24, 2.45) is 0 Å². The lowest BCUT2D eigenvalue weighted by Crippen LogP contribution is -2.28. The molecule has 1 aliphatic carbocycles. The van der Waals surface area contributed by atoms with Gasteiger partial charge in [0.1, 0.15) is 0 Å². The van der Waals surface area contributed by atoms with E-state index in [1.807, 2.05) is 20.8 Å². The van der Waals surface area contributed by atoms with Crippen molar-refractivity contribution in [3.05, 3.63) is 44.2 Å². The molecule has 10 heteroatoms. The topological polar surface area (TPSA) is 64.0 Å². The zero-order chi connectivity index (χ0) is 23.3. The van der Waals surface area contributed by atoms with Gasteiger partial charge in [0, 0.05) is 19.0 Å². The second-order valence-electron chi connectivity index (χ2n) is 8.25. The largest absolute Gasteiger partial charge is 0.436 e. The van der Waals surface area contributed by atoms with Crippen LogP contribution in [-0.2, 0) is 22.7 Å². The summed E-state index contributed by atoms with van der Waals surface area (Å²) in [5.41, 5.74) is 3.67. The Morgan fingerprint density at radius 2 is 1.55 bits per heavy atom. The Hall–Kier alpha value is -1.58. The molecule has 1 aromatic carbocycles. The molecule has 0 aliphatic heterocycles. The second kappa shape index (κ2) is 8.41. The summed E-state index contributed by atoms with van der Waals surface area (Å²) < 4.78 is 69.3. The fourth-order valence-corrected chi connectivity index (χ4v) is 5.99. The van der Waals surface area contributed by atoms with Gasteiger partial charge in [0.15, 0.2) is 5.69 Å². The maximum Gasteiger partial charge on any atom is 0.436 e. The Balaban J connectivity index is 1.75. The van der Waals surface area contributed by atoms with Crippen molar-refractivity contribution in [3.63, 3.8) is 0 Å². The van der Waals surface area contributed by atoms with E-state index >= 15 is 0 Å². The number of rotatable bonds is 7. The molecule has 1 fully saturated rings. The van der Waals surface area contributed by atoms with Crippen LogP contribution in [0.2, 0.25) is 5.02 Å². The monoisotopic (exact) mass is 477 g/mol. The Bertz CT molecular complexity index is 1090. The van der Waals surface area contributed by atoms with Gasteiger partial charge < -0.3 is 0 Å². The van der Waals surface area contributed by atoms with Crippen LogP contribution < -0.4 is 4.72 Å². The van der Waals surface area contributed by atoms with Crippen LogP contribution in [0.15, 0.2) is 4.90 Å². The summed E-state index contributed by atoms with van der Waals surface area (Å²) in [4.78, 5) is 0.272. The summed E-state index contributed by atoms with van der Waals surface area (Å²) in [6.07, 6.45) is -2.78. The summed E-state index contributed by atoms with van der Waals surface area (Å²) in [6, 6.07) is 0. The van der Waals surface area contributed by atoms with Gasteiger partial charge in [-0.3, -0.25) is 4.68 Å². The van der Waals surface area contributed by atoms with E-state index < -0.39 is 21.9 Å². The van der Waals surface area contributed by atoms with Crippen molar-refractivity contribution in [2.45, 2.75) is 77.4 Å². The molecule has 5 nitrogen and oxygen atoms in total. The lowest BCUT2D eigenvalue weighted by molar-refractivity contribution is -0.141. The first-order chi connectivity index (χ1) is 14.3. The zero-order valence-electron chi connectivity index (χ0n) is 18.2. The predicted octanol–water partition coefficient (Wildman–Crippen LogP) is 5.34. The molecule has 172 valence electrons. The fourth-order valence-electron chi connectivity index (χ4n) is 3.93. The molecule has 1 saturated carbocycles. The molecule has 3 rings (SSSR count). The van der Waals surface area contributed by atoms with Gasteiger partial charge in [-0.1, -0.05) is 11.6 Å². The Labute approximate surface area is 186 Å². The lowest BCUT2D eigenvalue weighted by atomic mass is 9.95. The van der Waals surface area contributed by atoms with E-state index in [0.29, 0.717) is 16.8 Å². The smallest absolute Gasteiger partial charge is 0.267 e. The predicted molar refractivity (Wildman–Crippen MR) is 114 cm³/mol. The first kappa shape index (κ1) is 24.1. The molecule has 0 radical (unpaired) electrons. The van der Waals surface area contributed by atoms with Crippen LogP contribution in [0, 0.1) is 34.6 Å². The fraction of sp³-hybridized carbons (Fsp3) is 0.571. The first-order valence-corrected chi connectivity index (χ1v) is 12.0. The van der Waals surface area contributed by atoms with Gasteiger partial charge in [0.25, 0.3) is 0 Å². The molecule has 31 heavy (non-hydrogen) atoms. The molecule has 1 aliphatic rings. The highest BCUT2D eigenvalue weighted by atomic mass is 35.5. The summed E-state index contributed by atoms with van der Waals surface area (Å²) >= 11 is 5.98. The molecule has 0 spiro atoms. The van der Waals surface area contributed by atoms with Crippen molar-refractivity contribution >= 4 is 21.6 Å². The average Bonchev–Trinajstić information content (AvgIpc) is 3.44. The van der Waals surface area contributed by atoms with Gasteiger partial charge in [0.2, 0.25) is 10.0 Å². The molecule has 0 saturated heterocycles. The molecule has 0 bridgehead atoms. The number of hydrogen-bond acceptors (Lipinski definition) is 3. The quantitative estimate of drug-likeness (QED) is 0.547. The highest BCUT2D eigenvalue weighted by Crippen LogP contribution is 2.46. The third-order valence-electron chi connectivity index (χ3n) is 6.20. The normalized spacial score (nSPS) is 15.0. The molecule has 0 unspecified atom stereocenters. The van der Waals surface area contributed by atoms with Crippen LogP contribution in [0.1, 0.15) is 64.4 Å². The van der Waals surface area contributed by atoms with Gasteiger partial charge >= 0.3 is 6.18 Å². The standard InChI is InChI=1S/C21H27ClF3N3O2S/c1-11-12(2)14(4)19(15(5)13(11)3)31(29,30)26-9-6-10-28-18(16-7-8-16)17(22)20(27-28)21(23,24)25/h16,26H,6-10H2,1-5H3. The van der Waals surface area contributed by atoms with Crippen LogP contribution >= 0.6 is 11.6 Å². The van der Waals surface area contributed by atoms with Gasteiger partial charge in [-0.05, 0) is 81.7 Å². The highest BCUT2D eigenvalue weighted by Gasteiger charge is 2.41. The van der Waals surface area contributed by atoms with E-state index in [1.165, 1.54) is 4.68 Å². The number of aromatic nitrogens is 2. The SMILES string of the molecule is Cc1c(C)c(C)c(S(=O)(=O)NCCCn2nc(C(F)(F)F)c(Cl)c2C2CC2)c(C)c1C. The van der Waals surface area contributed by atoms with E-state index in [9.17, 15) is 21.6 Å². The third-order valence-corrected chi connectivity index (χ3v) is 8.31. The van der Waals surface area contributed by atoms with E-state index in [-0.39, 0.29) is 35.3 Å². The zero-order valence-corrected chi connectivity index (χ0v) is 19.8. The van der Waals surface area contributed by atoms with Crippen molar-refractivity contribution in [1.29, 1.82) is 0 Å². The molecular formula is C21H27ClF3N3O2S. The highest BCUT2D eigenvalue weighted by molar-refractivity contribution is 7.89. The third kappa shape index (κ3) is 4.64. The van der Waals surface area contributed by atoms with Crippen molar-refractivity contribution < 1.29 is 21.6 Å². The van der Waals surface area contributed by atoms with Gasteiger partial charge in [-0.2, -0.15) is 18.3 Å². The molecular weight excluding hydrogens is 451 g/mol. The number of alkyl halides is 3. The van der Waals surface area contributed by atoms with Crippen molar-refractivity contribution in [2.75, 3.05) is 6.54 Å². The van der Waals surface area contributed by atoms with Crippen LogP contribution in [-0.4, -0.2) is 24.7 Å². The number of hydrogen-bond donors (Lipinski definition) is 1. The summed E-state index contributed by atoms with van der Waals surface area (Å²) in [5.74, 6) is -0.0170. The van der Waals surface area contributed by atoms with Crippen LogP contribution in [0.25, 0.3) is 0 Å². The minimum Gasteiger partial charge on any atom is -0.267 e. The average molecular weight is 478 g/mol. The Morgan fingerprint density at radius 1 is 1.03 bits per heavy atom. The van der Waals surface area contributed by atoms with E-state index in [0.717, 1.165) is 29.5 Å². The first-order valence-electron chi connectivity index (χ1n) is 10.2. The minimum atomic E-state index is -4.62. The molecule has 1 aromatic heterocycles. The Kier molecular flexibility index (Phi) is 6.53. The number of nitrogens with zero attached hydrogens (tertiary/aromatic N) is 2. The number of nitrogens with one attached hydrogen (secondary N) is 1. The number of benzene rings is 1. The second-order valence-corrected chi connectivity index (χ2v) is 10.3. The maximum atomic E-state index is 13.2. The van der Waals surface area contributed by atoms with Crippen molar-refractivity contribution in [3.8, 4) is 0 Å². The number of aryl methyl sites for hydroxylation is 1. The van der Waals surface area contributed by atoms with E-state index in [4.69, 9.17) is 11.6 Å². The lowest BCUT2D eigenvalue weighted by Gasteiger charge is -2.19.